The van der Waals surface area contributed by atoms with Gasteiger partial charge in [0.1, 0.15) is 24.1 Å². The highest BCUT2D eigenvalue weighted by Gasteiger charge is 2.26. The molecule has 1 fully saturated rings. The molecule has 8 nitrogen and oxygen atoms in total. The van der Waals surface area contributed by atoms with E-state index in [1.807, 2.05) is 39.0 Å². The number of ether oxygens (including phenoxy) is 2. The monoisotopic (exact) mass is 533 g/mol. The Morgan fingerprint density at radius 2 is 1.69 bits per heavy atom. The minimum Gasteiger partial charge on any atom is -0.462 e. The quantitative estimate of drug-likeness (QED) is 0.377. The van der Waals surface area contributed by atoms with Gasteiger partial charge in [0.05, 0.1) is 5.69 Å². The number of amides is 2. The number of rotatable bonds is 4. The molecule has 0 saturated carbocycles. The van der Waals surface area contributed by atoms with Crippen molar-refractivity contribution >= 4 is 57.7 Å². The van der Waals surface area contributed by atoms with Gasteiger partial charge in [-0.3, -0.25) is 4.90 Å². The normalized spacial score (nSPS) is 14.2. The second kappa shape index (κ2) is 10.5. The number of hydrogen-bond acceptors (Lipinski definition) is 6. The molecule has 0 aliphatic carbocycles. The number of piperazine rings is 1. The van der Waals surface area contributed by atoms with Crippen molar-refractivity contribution in [2.75, 3.05) is 43.0 Å². The van der Waals surface area contributed by atoms with Crippen molar-refractivity contribution < 1.29 is 23.5 Å². The van der Waals surface area contributed by atoms with Crippen LogP contribution in [0.15, 0.2) is 47.1 Å². The summed E-state index contributed by atoms with van der Waals surface area (Å²) in [6.07, 6.45) is 0.701. The molecule has 10 heteroatoms. The highest BCUT2D eigenvalue weighted by Crippen LogP contribution is 2.33. The molecule has 2 amide bonds. The zero-order chi connectivity index (χ0) is 26.0. The first-order valence-corrected chi connectivity index (χ1v) is 12.4. The maximum absolute atomic E-state index is 12.8. The Bertz CT molecular complexity index is 1240. The number of carbonyl (C=O) groups is 2. The van der Waals surface area contributed by atoms with Gasteiger partial charge in [-0.15, -0.1) is 0 Å². The summed E-state index contributed by atoms with van der Waals surface area (Å²) in [6, 6.07) is 10.8. The molecule has 0 spiro atoms. The van der Waals surface area contributed by atoms with Crippen LogP contribution in [0.2, 0.25) is 10.0 Å². The van der Waals surface area contributed by atoms with Crippen LogP contribution in [0.1, 0.15) is 26.3 Å². The molecule has 3 aromatic rings. The molecule has 0 radical (unpaired) electrons. The third-order valence-electron chi connectivity index (χ3n) is 5.75. The second-order valence-corrected chi connectivity index (χ2v) is 10.5. The van der Waals surface area contributed by atoms with Crippen LogP contribution in [0.4, 0.5) is 21.0 Å². The highest BCUT2D eigenvalue weighted by atomic mass is 35.5. The average molecular weight is 534 g/mol. The van der Waals surface area contributed by atoms with E-state index in [9.17, 15) is 9.59 Å². The number of hydrogen-bond donors (Lipinski definition) is 0. The molecule has 2 aromatic carbocycles. The van der Waals surface area contributed by atoms with Gasteiger partial charge >= 0.3 is 12.2 Å². The fourth-order valence-electron chi connectivity index (χ4n) is 3.97. The molecular weight excluding hydrogens is 505 g/mol. The van der Waals surface area contributed by atoms with E-state index in [2.05, 4.69) is 4.90 Å². The van der Waals surface area contributed by atoms with E-state index in [4.69, 9.17) is 37.1 Å². The molecule has 36 heavy (non-hydrogen) atoms. The Balaban J connectivity index is 1.42. The van der Waals surface area contributed by atoms with Crippen molar-refractivity contribution in [3.8, 4) is 0 Å². The van der Waals surface area contributed by atoms with Crippen LogP contribution in [0.25, 0.3) is 11.0 Å². The second-order valence-electron chi connectivity index (χ2n) is 9.65. The van der Waals surface area contributed by atoms with Crippen LogP contribution in [0.5, 0.6) is 0 Å². The zero-order valence-electron chi connectivity index (χ0n) is 20.7. The molecule has 0 bridgehead atoms. The lowest BCUT2D eigenvalue weighted by Crippen LogP contribution is -2.50. The number of fused-ring (bicyclic) bond motifs is 1. The largest absolute Gasteiger partial charge is 0.462 e. The van der Waals surface area contributed by atoms with Crippen LogP contribution in [-0.2, 0) is 16.1 Å². The van der Waals surface area contributed by atoms with Crippen molar-refractivity contribution in [1.29, 1.82) is 0 Å². The van der Waals surface area contributed by atoms with Gasteiger partial charge < -0.3 is 23.7 Å². The summed E-state index contributed by atoms with van der Waals surface area (Å²) in [5.41, 5.74) is 2.39. The Labute approximate surface area is 220 Å². The van der Waals surface area contributed by atoms with Crippen LogP contribution in [-0.4, -0.2) is 55.9 Å². The lowest BCUT2D eigenvalue weighted by molar-refractivity contribution is 0.0240. The lowest BCUT2D eigenvalue weighted by Gasteiger charge is -2.36. The fourth-order valence-corrected chi connectivity index (χ4v) is 4.54. The van der Waals surface area contributed by atoms with Crippen molar-refractivity contribution in [2.45, 2.75) is 33.0 Å². The summed E-state index contributed by atoms with van der Waals surface area (Å²) in [5, 5.41) is 1.73. The number of halogens is 2. The Morgan fingerprint density at radius 1 is 1.03 bits per heavy atom. The van der Waals surface area contributed by atoms with E-state index < -0.39 is 11.7 Å². The van der Waals surface area contributed by atoms with Crippen molar-refractivity contribution in [3.63, 3.8) is 0 Å². The molecular formula is C26H29Cl2N3O5. The number of furan rings is 1. The number of nitrogens with zero attached hydrogens (tertiary/aromatic N) is 3. The van der Waals surface area contributed by atoms with Crippen LogP contribution >= 0.6 is 23.2 Å². The molecule has 2 heterocycles. The van der Waals surface area contributed by atoms with Crippen molar-refractivity contribution in [3.05, 3.63) is 58.3 Å². The van der Waals surface area contributed by atoms with Crippen LogP contribution in [0.3, 0.4) is 0 Å². The summed E-state index contributed by atoms with van der Waals surface area (Å²) >= 11 is 12.0. The smallest absolute Gasteiger partial charge is 0.414 e. The maximum atomic E-state index is 12.8. The van der Waals surface area contributed by atoms with Gasteiger partial charge in [-0.2, -0.15) is 0 Å². The van der Waals surface area contributed by atoms with E-state index in [1.54, 1.807) is 30.1 Å². The summed E-state index contributed by atoms with van der Waals surface area (Å²) in [7, 11) is 1.63. The Morgan fingerprint density at radius 3 is 2.33 bits per heavy atom. The number of anilines is 2. The Kier molecular flexibility index (Phi) is 7.57. The SMILES string of the molecule is CN(C(=O)OCc1cc(Cl)cc(Cl)c1)c1coc2ccc(N3CCN(C(=O)OC(C)(C)C)CC3)cc12. The molecule has 1 aliphatic rings. The first-order valence-electron chi connectivity index (χ1n) is 11.6. The Hall–Kier alpha value is -3.10. The molecule has 1 saturated heterocycles. The number of benzene rings is 2. The standard InChI is InChI=1S/C26H29Cl2N3O5/c1-26(2,3)36-25(33)31-9-7-30(8-10-31)20-5-6-23-21(14-20)22(16-34-23)29(4)24(32)35-15-17-11-18(27)13-19(28)12-17/h5-6,11-14,16H,7-10,15H2,1-4H3. The molecule has 1 aromatic heterocycles. The third kappa shape index (κ3) is 6.17. The predicted molar refractivity (Wildman–Crippen MR) is 141 cm³/mol. The van der Waals surface area contributed by atoms with Crippen molar-refractivity contribution in [1.82, 2.24) is 4.90 Å². The summed E-state index contributed by atoms with van der Waals surface area (Å²) in [5.74, 6) is 0. The van der Waals surface area contributed by atoms with E-state index in [0.29, 0.717) is 53.1 Å². The topological polar surface area (TPSA) is 75.5 Å². The lowest BCUT2D eigenvalue weighted by atomic mass is 10.1. The molecule has 192 valence electrons. The molecule has 0 N–H and O–H groups in total. The fraction of sp³-hybridized carbons (Fsp3) is 0.385. The molecule has 0 atom stereocenters. The first kappa shape index (κ1) is 26.0. The van der Waals surface area contributed by atoms with Gasteiger partial charge in [-0.1, -0.05) is 23.2 Å². The highest BCUT2D eigenvalue weighted by molar-refractivity contribution is 6.34. The van der Waals surface area contributed by atoms with Gasteiger partial charge in [0.2, 0.25) is 0 Å². The number of carbonyl (C=O) groups excluding carboxylic acids is 2. The van der Waals surface area contributed by atoms with Crippen LogP contribution in [0, 0.1) is 0 Å². The maximum Gasteiger partial charge on any atom is 0.414 e. The molecule has 4 rings (SSSR count). The minimum atomic E-state index is -0.537. The van der Waals surface area contributed by atoms with Crippen LogP contribution < -0.4 is 9.80 Å². The molecule has 0 unspecified atom stereocenters. The van der Waals surface area contributed by atoms with Gasteiger partial charge in [0.25, 0.3) is 0 Å². The summed E-state index contributed by atoms with van der Waals surface area (Å²) in [6.45, 7) is 8.06. The van der Waals surface area contributed by atoms with E-state index in [1.165, 1.54) is 11.2 Å². The predicted octanol–water partition coefficient (Wildman–Crippen LogP) is 6.57. The van der Waals surface area contributed by atoms with Gasteiger partial charge in [-0.25, -0.2) is 9.59 Å². The van der Waals surface area contributed by atoms with Gasteiger partial charge in [0, 0.05) is 54.3 Å². The first-order chi connectivity index (χ1) is 17.0. The van der Waals surface area contributed by atoms with E-state index in [0.717, 1.165) is 11.1 Å². The summed E-state index contributed by atoms with van der Waals surface area (Å²) in [4.78, 5) is 30.4. The zero-order valence-corrected chi connectivity index (χ0v) is 22.2. The van der Waals surface area contributed by atoms with Gasteiger partial charge in [-0.05, 0) is 62.7 Å². The van der Waals surface area contributed by atoms with Crippen molar-refractivity contribution in [2.24, 2.45) is 0 Å². The third-order valence-corrected chi connectivity index (χ3v) is 6.19. The molecule has 1 aliphatic heterocycles. The summed E-state index contributed by atoms with van der Waals surface area (Å²) < 4.78 is 16.6. The van der Waals surface area contributed by atoms with E-state index >= 15 is 0 Å². The minimum absolute atomic E-state index is 0.0341. The van der Waals surface area contributed by atoms with Gasteiger partial charge in [0.15, 0.2) is 0 Å². The van der Waals surface area contributed by atoms with E-state index in [-0.39, 0.29) is 12.7 Å². The average Bonchev–Trinajstić information content (AvgIpc) is 3.23.